The number of halogens is 1. The zero-order valence-electron chi connectivity index (χ0n) is 17.7. The van der Waals surface area contributed by atoms with Crippen molar-refractivity contribution >= 4 is 33.8 Å². The number of carbonyl (C=O) groups excluding carboxylic acids is 3. The minimum atomic E-state index is -1.84. The number of imide groups is 2. The van der Waals surface area contributed by atoms with Gasteiger partial charge < -0.3 is 14.9 Å². The zero-order chi connectivity index (χ0) is 23.8. The fourth-order valence-corrected chi connectivity index (χ4v) is 3.75. The molecule has 0 bridgehead atoms. The molecule has 11 heteroatoms. The molecule has 10 nitrogen and oxygen atoms in total. The third kappa shape index (κ3) is 5.95. The molecule has 33 heavy (non-hydrogen) atoms. The Morgan fingerprint density at radius 1 is 0.848 bits per heavy atom. The molecule has 2 aromatic carbocycles. The van der Waals surface area contributed by atoms with Crippen LogP contribution in [-0.2, 0) is 15.1 Å². The fourth-order valence-electron chi connectivity index (χ4n) is 3.48. The highest BCUT2D eigenvalue weighted by atomic mass is 79.9. The summed E-state index contributed by atoms with van der Waals surface area (Å²) in [6.07, 6.45) is 0. The second-order valence-electron chi connectivity index (χ2n) is 7.28. The fraction of sp³-hybridized carbons (Fsp3) is 0.318. The maximum atomic E-state index is 12.9. The monoisotopic (exact) mass is 520 g/mol. The summed E-state index contributed by atoms with van der Waals surface area (Å²) >= 11 is 3.36. The number of aliphatic hydroxyl groups excluding tert-OH is 2. The van der Waals surface area contributed by atoms with Crippen LogP contribution < -0.4 is 20.7 Å². The van der Waals surface area contributed by atoms with Crippen molar-refractivity contribution in [3.8, 4) is 11.5 Å². The largest absolute Gasteiger partial charge is 0.457 e. The van der Waals surface area contributed by atoms with Crippen molar-refractivity contribution < 1.29 is 29.3 Å². The van der Waals surface area contributed by atoms with Gasteiger partial charge in [-0.05, 0) is 42.0 Å². The van der Waals surface area contributed by atoms with E-state index in [0.717, 1.165) is 4.47 Å². The standard InChI is InChI=1S/C22H25BrN4O6/c23-16-3-7-18(8-4-16)33-17-5-1-15(2-6-17)22(19(30)25-21(32)26-20(22)31)24-9-10-27(11-13-28)12-14-29/h1-8,24,28-29H,9-14H2,(H2,25,26,30,31,32). The third-order valence-electron chi connectivity index (χ3n) is 5.12. The van der Waals surface area contributed by atoms with Gasteiger partial charge in [0.05, 0.1) is 13.2 Å². The second kappa shape index (κ2) is 11.3. The molecule has 0 spiro atoms. The molecule has 2 aromatic rings. The van der Waals surface area contributed by atoms with Crippen molar-refractivity contribution in [2.24, 2.45) is 0 Å². The molecule has 1 fully saturated rings. The number of ether oxygens (including phenoxy) is 1. The lowest BCUT2D eigenvalue weighted by atomic mass is 9.86. The zero-order valence-corrected chi connectivity index (χ0v) is 19.3. The van der Waals surface area contributed by atoms with Gasteiger partial charge in [0.15, 0.2) is 0 Å². The van der Waals surface area contributed by atoms with E-state index in [9.17, 15) is 24.6 Å². The van der Waals surface area contributed by atoms with E-state index in [2.05, 4.69) is 31.9 Å². The van der Waals surface area contributed by atoms with Crippen LogP contribution in [-0.4, -0.2) is 72.4 Å². The molecule has 1 saturated heterocycles. The van der Waals surface area contributed by atoms with Gasteiger partial charge in [0, 0.05) is 30.7 Å². The highest BCUT2D eigenvalue weighted by Gasteiger charge is 2.51. The molecule has 0 unspecified atom stereocenters. The van der Waals surface area contributed by atoms with E-state index in [0.29, 0.717) is 36.7 Å². The van der Waals surface area contributed by atoms with Gasteiger partial charge in [-0.1, -0.05) is 28.1 Å². The predicted molar refractivity (Wildman–Crippen MR) is 123 cm³/mol. The Hall–Kier alpha value is -2.83. The molecule has 0 aromatic heterocycles. The Labute approximate surface area is 199 Å². The topological polar surface area (TPSA) is 140 Å². The van der Waals surface area contributed by atoms with Crippen molar-refractivity contribution in [1.82, 2.24) is 20.9 Å². The summed E-state index contributed by atoms with van der Waals surface area (Å²) in [4.78, 5) is 39.2. The lowest BCUT2D eigenvalue weighted by Crippen LogP contribution is -2.70. The number of benzene rings is 2. The minimum Gasteiger partial charge on any atom is -0.457 e. The normalized spacial score (nSPS) is 15.3. The number of rotatable bonds is 11. The summed E-state index contributed by atoms with van der Waals surface area (Å²) in [6.45, 7) is 0.984. The maximum Gasteiger partial charge on any atom is 0.328 e. The summed E-state index contributed by atoms with van der Waals surface area (Å²) < 4.78 is 6.71. The van der Waals surface area contributed by atoms with Crippen LogP contribution in [0.1, 0.15) is 5.56 Å². The number of carbonyl (C=O) groups is 3. The first-order valence-corrected chi connectivity index (χ1v) is 11.1. The molecule has 0 radical (unpaired) electrons. The highest BCUT2D eigenvalue weighted by molar-refractivity contribution is 9.10. The van der Waals surface area contributed by atoms with Crippen molar-refractivity contribution in [1.29, 1.82) is 0 Å². The number of aliphatic hydroxyl groups is 2. The van der Waals surface area contributed by atoms with Gasteiger partial charge >= 0.3 is 6.03 Å². The van der Waals surface area contributed by atoms with Crippen LogP contribution in [0.15, 0.2) is 53.0 Å². The lowest BCUT2D eigenvalue weighted by Gasteiger charge is -2.35. The Bertz CT molecular complexity index is 957. The Morgan fingerprint density at radius 2 is 1.36 bits per heavy atom. The second-order valence-corrected chi connectivity index (χ2v) is 8.20. The lowest BCUT2D eigenvalue weighted by molar-refractivity contribution is -0.140. The van der Waals surface area contributed by atoms with E-state index >= 15 is 0 Å². The van der Waals surface area contributed by atoms with Crippen LogP contribution in [0.2, 0.25) is 0 Å². The van der Waals surface area contributed by atoms with Crippen molar-refractivity contribution in [3.05, 3.63) is 58.6 Å². The summed E-state index contributed by atoms with van der Waals surface area (Å²) in [6, 6.07) is 12.8. The molecular weight excluding hydrogens is 496 g/mol. The van der Waals surface area contributed by atoms with E-state index in [1.165, 1.54) is 0 Å². The van der Waals surface area contributed by atoms with Crippen LogP contribution in [0.5, 0.6) is 11.5 Å². The molecule has 0 aliphatic carbocycles. The van der Waals surface area contributed by atoms with Gasteiger partial charge in [0.1, 0.15) is 11.5 Å². The highest BCUT2D eigenvalue weighted by Crippen LogP contribution is 2.29. The van der Waals surface area contributed by atoms with E-state index < -0.39 is 23.4 Å². The average Bonchev–Trinajstić information content (AvgIpc) is 2.78. The number of urea groups is 1. The summed E-state index contributed by atoms with van der Waals surface area (Å²) in [5, 5.41) is 25.6. The van der Waals surface area contributed by atoms with Gasteiger partial charge in [0.2, 0.25) is 5.54 Å². The first-order valence-electron chi connectivity index (χ1n) is 10.3. The third-order valence-corrected chi connectivity index (χ3v) is 5.65. The molecule has 0 atom stereocenters. The molecule has 1 aliphatic heterocycles. The van der Waals surface area contributed by atoms with Crippen molar-refractivity contribution in [2.75, 3.05) is 39.4 Å². The van der Waals surface area contributed by atoms with E-state index in [4.69, 9.17) is 4.74 Å². The average molecular weight is 521 g/mol. The van der Waals surface area contributed by atoms with Gasteiger partial charge in [-0.2, -0.15) is 0 Å². The summed E-state index contributed by atoms with van der Waals surface area (Å²) in [5.74, 6) is -0.478. The molecule has 1 heterocycles. The maximum absolute atomic E-state index is 12.9. The van der Waals surface area contributed by atoms with Crippen LogP contribution in [0.3, 0.4) is 0 Å². The van der Waals surface area contributed by atoms with Gasteiger partial charge in [-0.15, -0.1) is 0 Å². The van der Waals surface area contributed by atoms with Crippen LogP contribution in [0.4, 0.5) is 4.79 Å². The van der Waals surface area contributed by atoms with Crippen LogP contribution in [0.25, 0.3) is 0 Å². The summed E-state index contributed by atoms with van der Waals surface area (Å²) in [7, 11) is 0. The van der Waals surface area contributed by atoms with Crippen LogP contribution >= 0.6 is 15.9 Å². The van der Waals surface area contributed by atoms with E-state index in [1.807, 2.05) is 12.1 Å². The van der Waals surface area contributed by atoms with Crippen LogP contribution in [0, 0.1) is 0 Å². The van der Waals surface area contributed by atoms with Gasteiger partial charge in [-0.25, -0.2) is 4.79 Å². The molecular formula is C22H25BrN4O6. The minimum absolute atomic E-state index is 0.0968. The number of hydrogen-bond acceptors (Lipinski definition) is 8. The molecule has 1 aliphatic rings. The first kappa shape index (κ1) is 24.8. The number of amides is 4. The first-order chi connectivity index (χ1) is 15.9. The SMILES string of the molecule is O=C1NC(=O)C(NCCN(CCO)CCO)(c2ccc(Oc3ccc(Br)cc3)cc2)C(=O)N1. The number of barbiturate groups is 1. The van der Waals surface area contributed by atoms with Crippen molar-refractivity contribution in [3.63, 3.8) is 0 Å². The Balaban J connectivity index is 1.81. The number of nitrogens with zero attached hydrogens (tertiary/aromatic N) is 1. The molecule has 0 saturated carbocycles. The predicted octanol–water partition coefficient (Wildman–Crippen LogP) is 0.679. The van der Waals surface area contributed by atoms with Crippen molar-refractivity contribution in [2.45, 2.75) is 5.54 Å². The number of hydrogen-bond donors (Lipinski definition) is 5. The molecule has 5 N–H and O–H groups in total. The number of nitrogens with one attached hydrogen (secondary N) is 3. The summed E-state index contributed by atoms with van der Waals surface area (Å²) in [5.41, 5.74) is -1.52. The molecule has 3 rings (SSSR count). The van der Waals surface area contributed by atoms with E-state index in [-0.39, 0.29) is 19.8 Å². The Kier molecular flexibility index (Phi) is 8.53. The molecule has 4 amide bonds. The van der Waals surface area contributed by atoms with Gasteiger partial charge in [0.25, 0.3) is 11.8 Å². The van der Waals surface area contributed by atoms with Gasteiger partial charge in [-0.3, -0.25) is 30.4 Å². The quantitative estimate of drug-likeness (QED) is 0.272. The van der Waals surface area contributed by atoms with E-state index in [1.54, 1.807) is 41.3 Å². The Morgan fingerprint density at radius 3 is 1.88 bits per heavy atom. The smallest absolute Gasteiger partial charge is 0.328 e. The molecule has 176 valence electrons.